The zero-order chi connectivity index (χ0) is 21.3. The van der Waals surface area contributed by atoms with E-state index in [-0.39, 0.29) is 5.69 Å². The predicted molar refractivity (Wildman–Crippen MR) is 123 cm³/mol. The van der Waals surface area contributed by atoms with Crippen molar-refractivity contribution in [3.8, 4) is 22.6 Å². The van der Waals surface area contributed by atoms with Crippen LogP contribution in [0.15, 0.2) is 77.4 Å². The van der Waals surface area contributed by atoms with Gasteiger partial charge in [-0.25, -0.2) is 4.98 Å². The summed E-state index contributed by atoms with van der Waals surface area (Å²) in [7, 11) is 0. The number of benzene rings is 3. The summed E-state index contributed by atoms with van der Waals surface area (Å²) in [6.07, 6.45) is 1.92. The Balaban J connectivity index is 1.80. The fourth-order valence-electron chi connectivity index (χ4n) is 3.11. The molecule has 0 fully saturated rings. The van der Waals surface area contributed by atoms with E-state index in [4.69, 9.17) is 28.2 Å². The van der Waals surface area contributed by atoms with Crippen LogP contribution in [0.1, 0.15) is 5.56 Å². The van der Waals surface area contributed by atoms with Gasteiger partial charge < -0.3 is 4.57 Å². The van der Waals surface area contributed by atoms with E-state index >= 15 is 0 Å². The van der Waals surface area contributed by atoms with E-state index in [1.807, 2.05) is 41.1 Å². The summed E-state index contributed by atoms with van der Waals surface area (Å²) in [5.74, 6) is 0.689. The SMILES string of the molecule is O=[N+]([O-])c1ccc(-c2nc(-c3ccc(Cl)cc3Cl)cn2Cc2ccc(Br)cc2)cc1. The maximum absolute atomic E-state index is 11.0. The average Bonchev–Trinajstić information content (AvgIpc) is 3.13. The van der Waals surface area contributed by atoms with Crippen molar-refractivity contribution in [1.82, 2.24) is 9.55 Å². The van der Waals surface area contributed by atoms with Crippen LogP contribution in [0.2, 0.25) is 10.0 Å². The third-order valence-electron chi connectivity index (χ3n) is 4.59. The maximum Gasteiger partial charge on any atom is 0.269 e. The summed E-state index contributed by atoms with van der Waals surface area (Å²) in [6, 6.07) is 19.6. The smallest absolute Gasteiger partial charge is 0.269 e. The number of rotatable bonds is 5. The van der Waals surface area contributed by atoms with Crippen molar-refractivity contribution in [2.45, 2.75) is 6.54 Å². The van der Waals surface area contributed by atoms with Gasteiger partial charge in [0.15, 0.2) is 0 Å². The van der Waals surface area contributed by atoms with E-state index in [9.17, 15) is 10.1 Å². The Kier molecular flexibility index (Phi) is 5.90. The Morgan fingerprint density at radius 2 is 1.70 bits per heavy atom. The molecule has 8 heteroatoms. The highest BCUT2D eigenvalue weighted by molar-refractivity contribution is 9.10. The van der Waals surface area contributed by atoms with Crippen LogP contribution in [0.5, 0.6) is 0 Å². The van der Waals surface area contributed by atoms with Crippen LogP contribution in [0.3, 0.4) is 0 Å². The molecule has 0 aliphatic heterocycles. The molecule has 0 N–H and O–H groups in total. The largest absolute Gasteiger partial charge is 0.326 e. The number of nitrogens with zero attached hydrogens (tertiary/aromatic N) is 3. The number of non-ortho nitro benzene ring substituents is 1. The third kappa shape index (κ3) is 4.41. The fraction of sp³-hybridized carbons (Fsp3) is 0.0455. The summed E-state index contributed by atoms with van der Waals surface area (Å²) < 4.78 is 3.01. The van der Waals surface area contributed by atoms with Crippen LogP contribution in [0.4, 0.5) is 5.69 Å². The van der Waals surface area contributed by atoms with Crippen molar-refractivity contribution in [3.63, 3.8) is 0 Å². The van der Waals surface area contributed by atoms with Crippen LogP contribution < -0.4 is 0 Å². The van der Waals surface area contributed by atoms with Gasteiger partial charge >= 0.3 is 0 Å². The molecule has 1 heterocycles. The molecule has 4 rings (SSSR count). The Bertz CT molecular complexity index is 1220. The highest BCUT2D eigenvalue weighted by Gasteiger charge is 2.15. The van der Waals surface area contributed by atoms with E-state index in [0.717, 1.165) is 21.2 Å². The molecule has 0 saturated heterocycles. The topological polar surface area (TPSA) is 61.0 Å². The molecule has 0 radical (unpaired) electrons. The van der Waals surface area contributed by atoms with Crippen molar-refractivity contribution in [2.75, 3.05) is 0 Å². The van der Waals surface area contributed by atoms with Crippen molar-refractivity contribution < 1.29 is 4.92 Å². The first-order valence-corrected chi connectivity index (χ1v) is 10.5. The molecule has 0 spiro atoms. The van der Waals surface area contributed by atoms with Gasteiger partial charge in [0, 0.05) is 45.5 Å². The lowest BCUT2D eigenvalue weighted by molar-refractivity contribution is -0.384. The second-order valence-corrected chi connectivity index (χ2v) is 8.39. The third-order valence-corrected chi connectivity index (χ3v) is 5.66. The van der Waals surface area contributed by atoms with Gasteiger partial charge in [-0.05, 0) is 48.0 Å². The zero-order valence-corrected chi connectivity index (χ0v) is 18.5. The lowest BCUT2D eigenvalue weighted by Crippen LogP contribution is -2.01. The van der Waals surface area contributed by atoms with Gasteiger partial charge in [0.2, 0.25) is 0 Å². The molecule has 5 nitrogen and oxygen atoms in total. The number of halogens is 3. The lowest BCUT2D eigenvalue weighted by Gasteiger charge is -2.08. The number of imidazole rings is 1. The molecule has 30 heavy (non-hydrogen) atoms. The summed E-state index contributed by atoms with van der Waals surface area (Å²) in [5, 5.41) is 12.0. The molecule has 0 bridgehead atoms. The van der Waals surface area contributed by atoms with Gasteiger partial charge in [0.1, 0.15) is 5.82 Å². The molecular weight excluding hydrogens is 489 g/mol. The van der Waals surface area contributed by atoms with E-state index in [0.29, 0.717) is 28.1 Å². The molecule has 0 amide bonds. The number of hydrogen-bond donors (Lipinski definition) is 0. The van der Waals surface area contributed by atoms with Crippen molar-refractivity contribution in [2.24, 2.45) is 0 Å². The first-order chi connectivity index (χ1) is 14.4. The minimum atomic E-state index is -0.420. The quantitative estimate of drug-likeness (QED) is 0.213. The molecule has 150 valence electrons. The van der Waals surface area contributed by atoms with E-state index in [1.165, 1.54) is 12.1 Å². The standard InChI is InChI=1S/C22H14BrCl2N3O2/c23-16-5-1-14(2-6-16)12-27-13-21(19-10-7-17(24)11-20(19)25)26-22(27)15-3-8-18(9-4-15)28(29)30/h1-11,13H,12H2. The number of hydrogen-bond acceptors (Lipinski definition) is 3. The van der Waals surface area contributed by atoms with Crippen LogP contribution in [0.25, 0.3) is 22.6 Å². The molecule has 0 unspecified atom stereocenters. The van der Waals surface area contributed by atoms with Crippen molar-refractivity contribution in [3.05, 3.63) is 103 Å². The fourth-order valence-corrected chi connectivity index (χ4v) is 3.88. The van der Waals surface area contributed by atoms with Crippen molar-refractivity contribution >= 4 is 44.8 Å². The second kappa shape index (κ2) is 8.60. The monoisotopic (exact) mass is 501 g/mol. The van der Waals surface area contributed by atoms with E-state index in [2.05, 4.69) is 15.9 Å². The van der Waals surface area contributed by atoms with Gasteiger partial charge in [0.05, 0.1) is 15.6 Å². The van der Waals surface area contributed by atoms with Crippen molar-refractivity contribution in [1.29, 1.82) is 0 Å². The Morgan fingerprint density at radius 1 is 1.00 bits per heavy atom. The number of aromatic nitrogens is 2. The Labute approximate surface area is 191 Å². The molecule has 3 aromatic carbocycles. The normalized spacial score (nSPS) is 10.9. The molecule has 0 saturated carbocycles. The van der Waals surface area contributed by atoms with Gasteiger partial charge in [-0.2, -0.15) is 0 Å². The maximum atomic E-state index is 11.0. The zero-order valence-electron chi connectivity index (χ0n) is 15.4. The van der Waals surface area contributed by atoms with Gasteiger partial charge in [-0.3, -0.25) is 10.1 Å². The first kappa shape index (κ1) is 20.6. The average molecular weight is 503 g/mol. The number of nitro benzene ring substituents is 1. The molecule has 0 atom stereocenters. The summed E-state index contributed by atoms with van der Waals surface area (Å²) >= 11 is 15.9. The molecular formula is C22H14BrCl2N3O2. The Morgan fingerprint density at radius 3 is 2.33 bits per heavy atom. The van der Waals surface area contributed by atoms with E-state index < -0.39 is 4.92 Å². The lowest BCUT2D eigenvalue weighted by atomic mass is 10.1. The highest BCUT2D eigenvalue weighted by Crippen LogP contribution is 2.32. The Hall–Kier alpha value is -2.67. The second-order valence-electron chi connectivity index (χ2n) is 6.63. The van der Waals surface area contributed by atoms with E-state index in [1.54, 1.807) is 24.3 Å². The van der Waals surface area contributed by atoms with Crippen LogP contribution in [-0.4, -0.2) is 14.5 Å². The molecule has 0 aliphatic rings. The van der Waals surface area contributed by atoms with Crippen LogP contribution >= 0.6 is 39.1 Å². The molecule has 4 aromatic rings. The first-order valence-electron chi connectivity index (χ1n) is 8.92. The summed E-state index contributed by atoms with van der Waals surface area (Å²) in [5.41, 5.74) is 3.35. The summed E-state index contributed by atoms with van der Waals surface area (Å²) in [4.78, 5) is 15.4. The van der Waals surface area contributed by atoms with Gasteiger partial charge in [0.25, 0.3) is 5.69 Å². The highest BCUT2D eigenvalue weighted by atomic mass is 79.9. The minimum absolute atomic E-state index is 0.0331. The minimum Gasteiger partial charge on any atom is -0.326 e. The predicted octanol–water partition coefficient (Wildman–Crippen LogP) is 7.24. The van der Waals surface area contributed by atoms with Crippen LogP contribution in [0, 0.1) is 10.1 Å². The number of nitro groups is 1. The molecule has 1 aromatic heterocycles. The van der Waals surface area contributed by atoms with Gasteiger partial charge in [-0.1, -0.05) is 51.3 Å². The summed E-state index contributed by atoms with van der Waals surface area (Å²) in [6.45, 7) is 0.581. The van der Waals surface area contributed by atoms with Gasteiger partial charge in [-0.15, -0.1) is 0 Å². The molecule has 0 aliphatic carbocycles. The van der Waals surface area contributed by atoms with Crippen LogP contribution in [-0.2, 0) is 6.54 Å².